The van der Waals surface area contributed by atoms with Crippen molar-refractivity contribution in [2.45, 2.75) is 37.6 Å². The van der Waals surface area contributed by atoms with Crippen LogP contribution in [0.15, 0.2) is 11.4 Å². The van der Waals surface area contributed by atoms with Crippen LogP contribution in [-0.2, 0) is 9.59 Å². The van der Waals surface area contributed by atoms with E-state index in [1.54, 1.807) is 11.4 Å². The molecule has 2 N–H and O–H groups in total. The Bertz CT molecular complexity index is 952. The first kappa shape index (κ1) is 19.6. The minimum Gasteiger partial charge on any atom is -0.323 e. The number of amides is 4. The minimum atomic E-state index is -0.834. The Labute approximate surface area is 179 Å². The molecule has 1 spiro atoms. The van der Waals surface area contributed by atoms with Crippen molar-refractivity contribution in [3.63, 3.8) is 0 Å². The highest BCUT2D eigenvalue weighted by molar-refractivity contribution is 7.20. The van der Waals surface area contributed by atoms with Crippen molar-refractivity contribution in [2.75, 3.05) is 11.9 Å². The molecule has 2 aromatic rings. The first-order valence-corrected chi connectivity index (χ1v) is 11.2. The fourth-order valence-corrected chi connectivity index (χ4v) is 5.79. The molecular formula is C17H16Cl2N4O3S2. The fraction of sp³-hybridized carbons (Fsp3) is 0.412. The van der Waals surface area contributed by atoms with Crippen LogP contribution in [0, 0.1) is 0 Å². The van der Waals surface area contributed by atoms with Crippen LogP contribution < -0.4 is 10.6 Å². The zero-order valence-corrected chi connectivity index (χ0v) is 17.7. The van der Waals surface area contributed by atoms with Crippen molar-refractivity contribution >= 4 is 68.9 Å². The van der Waals surface area contributed by atoms with Gasteiger partial charge in [0.2, 0.25) is 5.91 Å². The number of anilines is 1. The van der Waals surface area contributed by atoms with Crippen LogP contribution in [0.25, 0.3) is 11.3 Å². The number of halogens is 2. The van der Waals surface area contributed by atoms with Crippen LogP contribution in [0.5, 0.6) is 0 Å². The van der Waals surface area contributed by atoms with E-state index >= 15 is 0 Å². The fourth-order valence-electron chi connectivity index (χ4n) is 3.59. The van der Waals surface area contributed by atoms with Gasteiger partial charge in [-0.15, -0.1) is 22.7 Å². The van der Waals surface area contributed by atoms with E-state index in [-0.39, 0.29) is 12.5 Å². The molecule has 0 radical (unpaired) electrons. The number of thiazole rings is 1. The van der Waals surface area contributed by atoms with Gasteiger partial charge in [-0.1, -0.05) is 42.5 Å². The molecule has 1 aliphatic heterocycles. The van der Waals surface area contributed by atoms with Crippen molar-refractivity contribution in [1.29, 1.82) is 0 Å². The second-order valence-corrected chi connectivity index (χ2v) is 9.93. The van der Waals surface area contributed by atoms with Crippen LogP contribution >= 0.6 is 45.9 Å². The van der Waals surface area contributed by atoms with Gasteiger partial charge in [0.05, 0.1) is 10.0 Å². The Kier molecular flexibility index (Phi) is 5.34. The number of carbonyl (C=O) groups excluding carboxylic acids is 3. The van der Waals surface area contributed by atoms with Crippen molar-refractivity contribution in [3.8, 4) is 11.3 Å². The van der Waals surface area contributed by atoms with E-state index in [0.717, 1.165) is 24.2 Å². The summed E-state index contributed by atoms with van der Waals surface area (Å²) in [6.07, 6.45) is 4.08. The van der Waals surface area contributed by atoms with Crippen molar-refractivity contribution < 1.29 is 14.4 Å². The van der Waals surface area contributed by atoms with Gasteiger partial charge in [0.15, 0.2) is 5.13 Å². The lowest BCUT2D eigenvalue weighted by Crippen LogP contribution is -2.48. The smallest absolute Gasteiger partial charge is 0.323 e. The monoisotopic (exact) mass is 458 g/mol. The molecule has 2 fully saturated rings. The zero-order chi connectivity index (χ0) is 19.9. The van der Waals surface area contributed by atoms with Gasteiger partial charge in [-0.05, 0) is 18.9 Å². The molecule has 148 valence electrons. The Morgan fingerprint density at radius 3 is 2.71 bits per heavy atom. The number of nitrogens with one attached hydrogen (secondary N) is 2. The Balaban J connectivity index is 1.42. The first-order chi connectivity index (χ1) is 13.4. The quantitative estimate of drug-likeness (QED) is 0.665. The summed E-state index contributed by atoms with van der Waals surface area (Å²) in [5, 5.41) is 7.54. The second kappa shape index (κ2) is 7.62. The molecule has 11 heteroatoms. The molecule has 28 heavy (non-hydrogen) atoms. The van der Waals surface area contributed by atoms with Gasteiger partial charge < -0.3 is 10.6 Å². The summed E-state index contributed by atoms with van der Waals surface area (Å²) in [4.78, 5) is 42.7. The highest BCUT2D eigenvalue weighted by atomic mass is 35.5. The van der Waals surface area contributed by atoms with Gasteiger partial charge in [-0.25, -0.2) is 9.78 Å². The average molecular weight is 459 g/mol. The van der Waals surface area contributed by atoms with Crippen LogP contribution in [0.3, 0.4) is 0 Å². The highest BCUT2D eigenvalue weighted by Crippen LogP contribution is 2.39. The molecule has 2 aromatic heterocycles. The normalized spacial score (nSPS) is 18.6. The van der Waals surface area contributed by atoms with E-state index in [4.69, 9.17) is 23.2 Å². The van der Waals surface area contributed by atoms with Gasteiger partial charge in [0.1, 0.15) is 16.4 Å². The summed E-state index contributed by atoms with van der Waals surface area (Å²) < 4.78 is 1.07. The third kappa shape index (κ3) is 3.63. The van der Waals surface area contributed by atoms with Crippen molar-refractivity contribution in [2.24, 2.45) is 0 Å². The number of hydrogen-bond donors (Lipinski definition) is 2. The molecule has 1 aliphatic carbocycles. The Hall–Kier alpha value is -1.68. The third-order valence-electron chi connectivity index (χ3n) is 4.94. The number of carbonyl (C=O) groups is 3. The van der Waals surface area contributed by atoms with Gasteiger partial charge in [-0.2, -0.15) is 0 Å². The summed E-state index contributed by atoms with van der Waals surface area (Å²) in [5.74, 6) is -0.793. The van der Waals surface area contributed by atoms with E-state index in [2.05, 4.69) is 15.6 Å². The Morgan fingerprint density at radius 2 is 2.04 bits per heavy atom. The summed E-state index contributed by atoms with van der Waals surface area (Å²) in [7, 11) is 0. The molecule has 3 heterocycles. The first-order valence-electron chi connectivity index (χ1n) is 8.73. The standard InChI is InChI=1S/C17H16Cl2N4O3S2/c18-11-6-9(13(19)28-11)10-8-27-15(20-10)21-12(24)7-23-14(25)17(22-16(23)26)4-2-1-3-5-17/h6,8H,1-5,7H2,(H,22,26)(H,20,21,24). The van der Waals surface area contributed by atoms with Crippen LogP contribution in [0.2, 0.25) is 8.67 Å². The van der Waals surface area contributed by atoms with E-state index in [0.29, 0.717) is 37.9 Å². The van der Waals surface area contributed by atoms with Gasteiger partial charge in [0, 0.05) is 10.9 Å². The number of aromatic nitrogens is 1. The molecule has 4 amide bonds. The molecule has 2 aliphatic rings. The average Bonchev–Trinajstić information content (AvgIpc) is 3.30. The molecule has 0 unspecified atom stereocenters. The molecule has 1 saturated heterocycles. The molecule has 7 nitrogen and oxygen atoms in total. The lowest BCUT2D eigenvalue weighted by Gasteiger charge is -2.30. The molecule has 1 saturated carbocycles. The second-order valence-electron chi connectivity index (χ2n) is 6.79. The molecule has 0 aromatic carbocycles. The number of hydrogen-bond acceptors (Lipinski definition) is 6. The number of rotatable bonds is 4. The van der Waals surface area contributed by atoms with E-state index < -0.39 is 17.5 Å². The predicted octanol–water partition coefficient (Wildman–Crippen LogP) is 4.37. The number of imide groups is 1. The SMILES string of the molecule is O=C(CN1C(=O)NC2(CCCCC2)C1=O)Nc1nc(-c2cc(Cl)sc2Cl)cs1. The lowest BCUT2D eigenvalue weighted by atomic mass is 9.82. The zero-order valence-electron chi connectivity index (χ0n) is 14.6. The number of urea groups is 1. The maximum absolute atomic E-state index is 12.7. The van der Waals surface area contributed by atoms with E-state index in [1.165, 1.54) is 22.7 Å². The summed E-state index contributed by atoms with van der Waals surface area (Å²) in [5.41, 5.74) is 0.463. The minimum absolute atomic E-state index is 0.313. The summed E-state index contributed by atoms with van der Waals surface area (Å²) in [6.45, 7) is -0.341. The van der Waals surface area contributed by atoms with Gasteiger partial charge in [-0.3, -0.25) is 14.5 Å². The third-order valence-corrected chi connectivity index (χ3v) is 7.18. The van der Waals surface area contributed by atoms with Crippen molar-refractivity contribution in [1.82, 2.24) is 15.2 Å². The van der Waals surface area contributed by atoms with Gasteiger partial charge >= 0.3 is 6.03 Å². The maximum atomic E-state index is 12.7. The number of thiophene rings is 1. The molecular weight excluding hydrogens is 443 g/mol. The van der Waals surface area contributed by atoms with Gasteiger partial charge in [0.25, 0.3) is 5.91 Å². The topological polar surface area (TPSA) is 91.4 Å². The predicted molar refractivity (Wildman–Crippen MR) is 110 cm³/mol. The van der Waals surface area contributed by atoms with E-state index in [1.807, 2.05) is 0 Å². The van der Waals surface area contributed by atoms with Crippen LogP contribution in [0.1, 0.15) is 32.1 Å². The molecule has 0 bridgehead atoms. The van der Waals surface area contributed by atoms with Crippen molar-refractivity contribution in [3.05, 3.63) is 20.1 Å². The lowest BCUT2D eigenvalue weighted by molar-refractivity contribution is -0.134. The molecule has 0 atom stereocenters. The summed E-state index contributed by atoms with van der Waals surface area (Å²) in [6, 6.07) is 1.20. The largest absolute Gasteiger partial charge is 0.325 e. The Morgan fingerprint density at radius 1 is 1.29 bits per heavy atom. The maximum Gasteiger partial charge on any atom is 0.325 e. The summed E-state index contributed by atoms with van der Waals surface area (Å²) >= 11 is 14.6. The number of nitrogens with zero attached hydrogens (tertiary/aromatic N) is 2. The van der Waals surface area contributed by atoms with E-state index in [9.17, 15) is 14.4 Å². The van der Waals surface area contributed by atoms with Crippen LogP contribution in [0.4, 0.5) is 9.93 Å². The van der Waals surface area contributed by atoms with Crippen LogP contribution in [-0.4, -0.2) is 39.8 Å². The molecule has 4 rings (SSSR count). The highest BCUT2D eigenvalue weighted by Gasteiger charge is 2.51.